The third kappa shape index (κ3) is 6.67. The molecular formula is C21H29ClFN5O3. The van der Waals surface area contributed by atoms with E-state index in [1.807, 2.05) is 20.8 Å². The maximum atomic E-state index is 13.6. The standard InChI is InChI=1S/C21H29ClFN5O3/c1-21(2,3)27-20(30)28-10-13(7-8-31-4)26-16(11-28)17(19(25)29)18(24)12-5-6-15(23)14(22)9-12/h5-6,9,13H,7-8,10-11,24H2,1-4H3,(H2,25,29)(H,27,30). The van der Waals surface area contributed by atoms with Crippen molar-refractivity contribution in [2.75, 3.05) is 26.8 Å². The number of rotatable bonds is 6. The molecule has 0 saturated heterocycles. The highest BCUT2D eigenvalue weighted by molar-refractivity contribution is 6.31. The van der Waals surface area contributed by atoms with Gasteiger partial charge >= 0.3 is 6.03 Å². The summed E-state index contributed by atoms with van der Waals surface area (Å²) in [6.07, 6.45) is 0.535. The van der Waals surface area contributed by atoms with Crippen LogP contribution in [0.1, 0.15) is 32.8 Å². The summed E-state index contributed by atoms with van der Waals surface area (Å²) >= 11 is 5.86. The lowest BCUT2D eigenvalue weighted by atomic mass is 9.99. The molecule has 0 bridgehead atoms. The molecule has 1 atom stereocenters. The fourth-order valence-electron chi connectivity index (χ4n) is 3.15. The SMILES string of the molecule is COCCC1CN(C(=O)NC(C)(C)C)CC(C(C(N)=O)=C(N)c2ccc(F)c(Cl)c2)=N1. The largest absolute Gasteiger partial charge is 0.398 e. The minimum Gasteiger partial charge on any atom is -0.398 e. The molecule has 5 N–H and O–H groups in total. The van der Waals surface area contributed by atoms with Crippen molar-refractivity contribution in [3.63, 3.8) is 0 Å². The second-order valence-electron chi connectivity index (χ2n) is 8.35. The molecule has 0 radical (unpaired) electrons. The highest BCUT2D eigenvalue weighted by atomic mass is 35.5. The van der Waals surface area contributed by atoms with Gasteiger partial charge in [-0.05, 0) is 51.0 Å². The van der Waals surface area contributed by atoms with E-state index in [1.54, 1.807) is 12.0 Å². The second-order valence-corrected chi connectivity index (χ2v) is 8.76. The van der Waals surface area contributed by atoms with Gasteiger partial charge < -0.3 is 26.4 Å². The van der Waals surface area contributed by atoms with Gasteiger partial charge in [-0.2, -0.15) is 0 Å². The van der Waals surface area contributed by atoms with E-state index < -0.39 is 17.3 Å². The third-order valence-corrected chi connectivity index (χ3v) is 4.86. The first-order valence-electron chi connectivity index (χ1n) is 9.81. The predicted octanol–water partition coefficient (Wildman–Crippen LogP) is 2.30. The predicted molar refractivity (Wildman–Crippen MR) is 119 cm³/mol. The number of urea groups is 1. The molecule has 8 nitrogen and oxygen atoms in total. The number of halogens is 2. The summed E-state index contributed by atoms with van der Waals surface area (Å²) in [7, 11) is 1.57. The molecular weight excluding hydrogens is 425 g/mol. The van der Waals surface area contributed by atoms with Crippen molar-refractivity contribution in [3.05, 3.63) is 40.2 Å². The molecule has 2 rings (SSSR count). The molecule has 0 saturated carbocycles. The second kappa shape index (κ2) is 10.1. The number of nitrogens with zero attached hydrogens (tertiary/aromatic N) is 2. The third-order valence-electron chi connectivity index (χ3n) is 4.57. The van der Waals surface area contributed by atoms with E-state index in [-0.39, 0.29) is 40.6 Å². The van der Waals surface area contributed by atoms with Gasteiger partial charge in [-0.3, -0.25) is 9.79 Å². The van der Waals surface area contributed by atoms with Crippen molar-refractivity contribution in [3.8, 4) is 0 Å². The first-order valence-corrected chi connectivity index (χ1v) is 10.2. The zero-order valence-corrected chi connectivity index (χ0v) is 18.9. The van der Waals surface area contributed by atoms with Crippen molar-refractivity contribution in [2.45, 2.75) is 38.8 Å². The van der Waals surface area contributed by atoms with Crippen LogP contribution in [-0.4, -0.2) is 60.9 Å². The van der Waals surface area contributed by atoms with Crippen LogP contribution in [0.5, 0.6) is 0 Å². The number of benzene rings is 1. The lowest BCUT2D eigenvalue weighted by Crippen LogP contribution is -2.54. The Balaban J connectivity index is 2.49. The number of hydrogen-bond donors (Lipinski definition) is 3. The van der Waals surface area contributed by atoms with Crippen LogP contribution in [0.15, 0.2) is 28.8 Å². The number of primary amides is 1. The molecule has 0 aliphatic carbocycles. The van der Waals surface area contributed by atoms with Gasteiger partial charge in [0.15, 0.2) is 0 Å². The summed E-state index contributed by atoms with van der Waals surface area (Å²) in [5.41, 5.74) is 12.0. The molecule has 1 aliphatic heterocycles. The van der Waals surface area contributed by atoms with E-state index in [0.717, 1.165) is 6.07 Å². The van der Waals surface area contributed by atoms with Crippen LogP contribution in [0.25, 0.3) is 5.70 Å². The highest BCUT2D eigenvalue weighted by Crippen LogP contribution is 2.23. The van der Waals surface area contributed by atoms with E-state index in [2.05, 4.69) is 10.3 Å². The summed E-state index contributed by atoms with van der Waals surface area (Å²) in [5, 5.41) is 2.77. The number of nitrogens with one attached hydrogen (secondary N) is 1. The Kier molecular flexibility index (Phi) is 8.02. The van der Waals surface area contributed by atoms with Crippen LogP contribution in [-0.2, 0) is 9.53 Å². The smallest absolute Gasteiger partial charge is 0.318 e. The summed E-state index contributed by atoms with van der Waals surface area (Å²) < 4.78 is 18.7. The summed E-state index contributed by atoms with van der Waals surface area (Å²) in [4.78, 5) is 31.3. The van der Waals surface area contributed by atoms with Crippen LogP contribution in [0.3, 0.4) is 0 Å². The molecule has 31 heavy (non-hydrogen) atoms. The lowest BCUT2D eigenvalue weighted by Gasteiger charge is -2.34. The average Bonchev–Trinajstić information content (AvgIpc) is 2.66. The summed E-state index contributed by atoms with van der Waals surface area (Å²) in [5.74, 6) is -1.42. The van der Waals surface area contributed by atoms with Crippen LogP contribution in [0.2, 0.25) is 5.02 Å². The van der Waals surface area contributed by atoms with E-state index in [0.29, 0.717) is 25.1 Å². The number of nitrogens with two attached hydrogens (primary N) is 2. The summed E-state index contributed by atoms with van der Waals surface area (Å²) in [6, 6.07) is 3.25. The first kappa shape index (κ1) is 24.6. The Morgan fingerprint density at radius 2 is 2.03 bits per heavy atom. The van der Waals surface area contributed by atoms with Gasteiger partial charge in [0, 0.05) is 25.8 Å². The fraction of sp³-hybridized carbons (Fsp3) is 0.476. The van der Waals surface area contributed by atoms with Gasteiger partial charge in [-0.15, -0.1) is 0 Å². The molecule has 1 aliphatic rings. The summed E-state index contributed by atoms with van der Waals surface area (Å²) in [6.45, 7) is 6.43. The molecule has 1 aromatic rings. The maximum Gasteiger partial charge on any atom is 0.318 e. The van der Waals surface area contributed by atoms with Crippen LogP contribution in [0, 0.1) is 5.82 Å². The van der Waals surface area contributed by atoms with E-state index in [1.165, 1.54) is 12.1 Å². The van der Waals surface area contributed by atoms with Gasteiger partial charge in [0.2, 0.25) is 0 Å². The number of ether oxygens (including phenoxy) is 1. The molecule has 0 fully saturated rings. The van der Waals surface area contributed by atoms with Crippen molar-refractivity contribution in [1.82, 2.24) is 10.2 Å². The zero-order valence-electron chi connectivity index (χ0n) is 18.2. The Hall–Kier alpha value is -2.65. The van der Waals surface area contributed by atoms with Gasteiger partial charge in [-0.25, -0.2) is 9.18 Å². The topological polar surface area (TPSA) is 123 Å². The fourth-order valence-corrected chi connectivity index (χ4v) is 3.33. The number of carbonyl (C=O) groups excluding carboxylic acids is 2. The monoisotopic (exact) mass is 453 g/mol. The Morgan fingerprint density at radius 1 is 1.35 bits per heavy atom. The molecule has 1 heterocycles. The number of carbonyl (C=O) groups is 2. The van der Waals surface area contributed by atoms with Gasteiger partial charge in [0.05, 0.1) is 34.6 Å². The lowest BCUT2D eigenvalue weighted by molar-refractivity contribution is -0.114. The van der Waals surface area contributed by atoms with Gasteiger partial charge in [0.25, 0.3) is 5.91 Å². The molecule has 1 unspecified atom stereocenters. The first-order chi connectivity index (χ1) is 14.4. The number of amides is 3. The van der Waals surface area contributed by atoms with Gasteiger partial charge in [0.1, 0.15) is 5.82 Å². The maximum absolute atomic E-state index is 13.6. The number of hydrogen-bond acceptors (Lipinski definition) is 5. The van der Waals surface area contributed by atoms with E-state index >= 15 is 0 Å². The molecule has 10 heteroatoms. The molecule has 170 valence electrons. The van der Waals surface area contributed by atoms with Crippen molar-refractivity contribution >= 4 is 34.9 Å². The Bertz CT molecular complexity index is 911. The quantitative estimate of drug-likeness (QED) is 0.572. The van der Waals surface area contributed by atoms with Crippen LogP contribution < -0.4 is 16.8 Å². The average molecular weight is 454 g/mol. The molecule has 0 spiro atoms. The normalized spacial score (nSPS) is 17.7. The van der Waals surface area contributed by atoms with Crippen molar-refractivity contribution < 1.29 is 18.7 Å². The van der Waals surface area contributed by atoms with E-state index in [9.17, 15) is 14.0 Å². The van der Waals surface area contributed by atoms with Gasteiger partial charge in [-0.1, -0.05) is 11.6 Å². The zero-order chi connectivity index (χ0) is 23.3. The molecule has 1 aromatic carbocycles. The molecule has 0 aromatic heterocycles. The Labute approximate surface area is 186 Å². The Morgan fingerprint density at radius 3 is 2.58 bits per heavy atom. The highest BCUT2D eigenvalue weighted by Gasteiger charge is 2.31. The van der Waals surface area contributed by atoms with Crippen LogP contribution in [0.4, 0.5) is 9.18 Å². The number of aliphatic imine (C=N–C) groups is 1. The van der Waals surface area contributed by atoms with Crippen molar-refractivity contribution in [1.29, 1.82) is 0 Å². The minimum absolute atomic E-state index is 0.0109. The van der Waals surface area contributed by atoms with Crippen LogP contribution >= 0.6 is 11.6 Å². The van der Waals surface area contributed by atoms with Crippen molar-refractivity contribution in [2.24, 2.45) is 16.5 Å². The number of methoxy groups -OCH3 is 1. The van der Waals surface area contributed by atoms with E-state index in [4.69, 9.17) is 27.8 Å². The minimum atomic E-state index is -0.805. The molecule has 3 amide bonds.